The summed E-state index contributed by atoms with van der Waals surface area (Å²) in [5, 5.41) is 3.27. The lowest BCUT2D eigenvalue weighted by Gasteiger charge is -2.09. The molecular formula is C6H10Cl2N2S. The quantitative estimate of drug-likeness (QED) is 0.708. The van der Waals surface area contributed by atoms with Crippen molar-refractivity contribution < 1.29 is 0 Å². The van der Waals surface area contributed by atoms with Gasteiger partial charge in [0, 0.05) is 18.0 Å². The molecule has 0 amide bonds. The van der Waals surface area contributed by atoms with Crippen molar-refractivity contribution in [3.05, 3.63) is 16.1 Å². The molecule has 5 heteroatoms. The predicted octanol–water partition coefficient (Wildman–Crippen LogP) is 1.63. The maximum atomic E-state index is 4.21. The zero-order valence-corrected chi connectivity index (χ0v) is 8.32. The van der Waals surface area contributed by atoms with Crippen LogP contribution in [0.1, 0.15) is 10.6 Å². The van der Waals surface area contributed by atoms with Crippen LogP contribution in [-0.2, 0) is 13.0 Å². The number of nitrogens with one attached hydrogen (secondary N) is 1. The zero-order valence-electron chi connectivity index (χ0n) is 5.87. The van der Waals surface area contributed by atoms with Crippen molar-refractivity contribution in [2.45, 2.75) is 13.0 Å². The summed E-state index contributed by atoms with van der Waals surface area (Å²) in [5.74, 6) is 0. The third-order valence-corrected chi connectivity index (χ3v) is 2.48. The van der Waals surface area contributed by atoms with E-state index in [0.29, 0.717) is 0 Å². The Labute approximate surface area is 82.2 Å². The second-order valence-corrected chi connectivity index (χ2v) is 3.09. The monoisotopic (exact) mass is 212 g/mol. The fourth-order valence-electron chi connectivity index (χ4n) is 1.05. The molecule has 0 bridgehead atoms. The summed E-state index contributed by atoms with van der Waals surface area (Å²) in [7, 11) is 0. The van der Waals surface area contributed by atoms with Gasteiger partial charge in [-0.15, -0.1) is 36.2 Å². The van der Waals surface area contributed by atoms with Crippen molar-refractivity contribution in [3.63, 3.8) is 0 Å². The number of fused-ring (bicyclic) bond motifs is 1. The Morgan fingerprint density at radius 1 is 1.45 bits per heavy atom. The number of rotatable bonds is 0. The number of aromatic nitrogens is 1. The summed E-state index contributed by atoms with van der Waals surface area (Å²) in [6.45, 7) is 2.09. The van der Waals surface area contributed by atoms with Crippen LogP contribution in [0.15, 0.2) is 5.51 Å². The van der Waals surface area contributed by atoms with Crippen molar-refractivity contribution in [3.8, 4) is 0 Å². The minimum Gasteiger partial charge on any atom is -0.311 e. The molecule has 11 heavy (non-hydrogen) atoms. The number of hydrogen-bond donors (Lipinski definition) is 1. The molecular weight excluding hydrogens is 203 g/mol. The molecule has 0 aromatic carbocycles. The molecule has 0 aliphatic carbocycles. The van der Waals surface area contributed by atoms with Gasteiger partial charge in [-0.1, -0.05) is 0 Å². The average molecular weight is 213 g/mol. The van der Waals surface area contributed by atoms with E-state index in [-0.39, 0.29) is 24.8 Å². The van der Waals surface area contributed by atoms with Gasteiger partial charge in [0.15, 0.2) is 0 Å². The predicted molar refractivity (Wildman–Crippen MR) is 52.0 cm³/mol. The first-order valence-electron chi connectivity index (χ1n) is 3.09. The lowest BCUT2D eigenvalue weighted by Crippen LogP contribution is -2.22. The van der Waals surface area contributed by atoms with Crippen LogP contribution >= 0.6 is 36.2 Å². The molecule has 0 saturated carbocycles. The van der Waals surface area contributed by atoms with Crippen LogP contribution in [-0.4, -0.2) is 11.5 Å². The first-order valence-corrected chi connectivity index (χ1v) is 3.97. The molecule has 1 aromatic heterocycles. The Hall–Kier alpha value is 0.170. The Balaban J connectivity index is 0.000000500. The third-order valence-electron chi connectivity index (χ3n) is 1.55. The minimum absolute atomic E-state index is 0. The fourth-order valence-corrected chi connectivity index (χ4v) is 1.84. The fraction of sp³-hybridized carbons (Fsp3) is 0.500. The number of halogens is 2. The maximum absolute atomic E-state index is 4.21. The van der Waals surface area contributed by atoms with Crippen LogP contribution in [0.4, 0.5) is 0 Å². The Kier molecular flexibility index (Phi) is 5.01. The molecule has 1 N–H and O–H groups in total. The van der Waals surface area contributed by atoms with Crippen LogP contribution in [0.5, 0.6) is 0 Å². The van der Waals surface area contributed by atoms with Gasteiger partial charge in [-0.2, -0.15) is 0 Å². The molecule has 2 rings (SSSR count). The standard InChI is InChI=1S/C6H8N2S.2ClH/c1-2-7-3-5-6(1)9-4-8-5;;/h4,7H,1-3H2;2*1H. The highest BCUT2D eigenvalue weighted by Crippen LogP contribution is 2.15. The van der Waals surface area contributed by atoms with E-state index in [0.717, 1.165) is 13.1 Å². The highest BCUT2D eigenvalue weighted by atomic mass is 35.5. The summed E-state index contributed by atoms with van der Waals surface area (Å²) in [4.78, 5) is 5.68. The summed E-state index contributed by atoms with van der Waals surface area (Å²) in [5.41, 5.74) is 3.18. The van der Waals surface area contributed by atoms with Gasteiger partial charge >= 0.3 is 0 Å². The lowest BCUT2D eigenvalue weighted by atomic mass is 10.2. The molecule has 1 aliphatic heterocycles. The maximum Gasteiger partial charge on any atom is 0.0798 e. The van der Waals surface area contributed by atoms with Gasteiger partial charge in [0.2, 0.25) is 0 Å². The van der Waals surface area contributed by atoms with E-state index in [1.165, 1.54) is 17.0 Å². The van der Waals surface area contributed by atoms with Crippen LogP contribution in [0.2, 0.25) is 0 Å². The summed E-state index contributed by atoms with van der Waals surface area (Å²) in [6, 6.07) is 0. The normalized spacial score (nSPS) is 14.2. The van der Waals surface area contributed by atoms with E-state index >= 15 is 0 Å². The third kappa shape index (κ3) is 2.30. The van der Waals surface area contributed by atoms with Crippen LogP contribution in [0.3, 0.4) is 0 Å². The van der Waals surface area contributed by atoms with E-state index < -0.39 is 0 Å². The Morgan fingerprint density at radius 2 is 2.27 bits per heavy atom. The summed E-state index contributed by atoms with van der Waals surface area (Å²) < 4.78 is 0. The second-order valence-electron chi connectivity index (χ2n) is 2.15. The summed E-state index contributed by atoms with van der Waals surface area (Å²) in [6.07, 6.45) is 1.17. The highest BCUT2D eigenvalue weighted by Gasteiger charge is 2.09. The molecule has 0 fully saturated rings. The minimum atomic E-state index is 0. The van der Waals surface area contributed by atoms with Crippen LogP contribution in [0.25, 0.3) is 0 Å². The van der Waals surface area contributed by atoms with E-state index in [1.54, 1.807) is 11.3 Å². The molecule has 0 spiro atoms. The second kappa shape index (κ2) is 4.93. The van der Waals surface area contributed by atoms with Gasteiger partial charge in [0.05, 0.1) is 11.2 Å². The van der Waals surface area contributed by atoms with Gasteiger partial charge in [0.25, 0.3) is 0 Å². The van der Waals surface area contributed by atoms with E-state index in [1.807, 2.05) is 5.51 Å². The van der Waals surface area contributed by atoms with Crippen molar-refractivity contribution in [1.82, 2.24) is 10.3 Å². The Morgan fingerprint density at radius 3 is 3.00 bits per heavy atom. The SMILES string of the molecule is Cl.Cl.c1nc2c(s1)CCNC2. The van der Waals surface area contributed by atoms with Gasteiger partial charge in [-0.05, 0) is 6.42 Å². The average Bonchev–Trinajstić information content (AvgIpc) is 2.33. The molecule has 0 unspecified atom stereocenters. The van der Waals surface area contributed by atoms with Gasteiger partial charge in [-0.25, -0.2) is 4.98 Å². The molecule has 1 aliphatic rings. The van der Waals surface area contributed by atoms with Crippen molar-refractivity contribution in [1.29, 1.82) is 0 Å². The summed E-state index contributed by atoms with van der Waals surface area (Å²) >= 11 is 1.77. The van der Waals surface area contributed by atoms with Crippen LogP contribution in [0, 0.1) is 0 Å². The molecule has 0 atom stereocenters. The first-order chi connectivity index (χ1) is 4.47. The van der Waals surface area contributed by atoms with E-state index in [9.17, 15) is 0 Å². The van der Waals surface area contributed by atoms with Gasteiger partial charge in [0.1, 0.15) is 0 Å². The number of hydrogen-bond acceptors (Lipinski definition) is 3. The van der Waals surface area contributed by atoms with Crippen molar-refractivity contribution in [2.75, 3.05) is 6.54 Å². The van der Waals surface area contributed by atoms with Crippen molar-refractivity contribution >= 4 is 36.2 Å². The number of nitrogens with zero attached hydrogens (tertiary/aromatic N) is 1. The smallest absolute Gasteiger partial charge is 0.0798 e. The van der Waals surface area contributed by atoms with Crippen molar-refractivity contribution in [2.24, 2.45) is 0 Å². The van der Waals surface area contributed by atoms with E-state index in [4.69, 9.17) is 0 Å². The highest BCUT2D eigenvalue weighted by molar-refractivity contribution is 7.09. The lowest BCUT2D eigenvalue weighted by molar-refractivity contribution is 0.639. The molecule has 2 nitrogen and oxygen atoms in total. The Bertz CT molecular complexity index is 194. The largest absolute Gasteiger partial charge is 0.311 e. The van der Waals surface area contributed by atoms with Gasteiger partial charge in [-0.3, -0.25) is 0 Å². The van der Waals surface area contributed by atoms with Crippen LogP contribution < -0.4 is 5.32 Å². The molecule has 0 radical (unpaired) electrons. The molecule has 2 heterocycles. The zero-order chi connectivity index (χ0) is 6.10. The van der Waals surface area contributed by atoms with Gasteiger partial charge < -0.3 is 5.32 Å². The topological polar surface area (TPSA) is 24.9 Å². The van der Waals surface area contributed by atoms with E-state index in [2.05, 4.69) is 10.3 Å². The first kappa shape index (κ1) is 11.2. The number of thiazole rings is 1. The molecule has 1 aromatic rings. The molecule has 0 saturated heterocycles. The molecule has 64 valence electrons.